The molecular formula is C21H18N2O5. The molecule has 1 fully saturated rings. The van der Waals surface area contributed by atoms with Gasteiger partial charge in [-0.15, -0.1) is 0 Å². The maximum Gasteiger partial charge on any atom is 0.338 e. The fraction of sp³-hybridized carbons (Fsp3) is 0.238. The molecule has 1 aliphatic carbocycles. The molecule has 2 aliphatic rings. The molecule has 0 aromatic heterocycles. The van der Waals surface area contributed by atoms with Crippen LogP contribution in [0.2, 0.25) is 0 Å². The van der Waals surface area contributed by atoms with Crippen molar-refractivity contribution in [1.29, 1.82) is 0 Å². The Labute approximate surface area is 161 Å². The van der Waals surface area contributed by atoms with E-state index in [1.165, 1.54) is 18.2 Å². The van der Waals surface area contributed by atoms with Crippen molar-refractivity contribution in [2.45, 2.75) is 25.4 Å². The first-order valence-electron chi connectivity index (χ1n) is 9.03. The van der Waals surface area contributed by atoms with E-state index in [0.29, 0.717) is 0 Å². The molecule has 0 spiro atoms. The summed E-state index contributed by atoms with van der Waals surface area (Å²) in [5, 5.41) is 2.72. The zero-order chi connectivity index (χ0) is 19.7. The van der Waals surface area contributed by atoms with Crippen LogP contribution < -0.4 is 5.32 Å². The Morgan fingerprint density at radius 3 is 2.43 bits per heavy atom. The number of nitrogens with one attached hydrogen (secondary N) is 1. The molecule has 1 saturated carbocycles. The Kier molecular flexibility index (Phi) is 4.65. The molecule has 142 valence electrons. The summed E-state index contributed by atoms with van der Waals surface area (Å²) in [6.45, 7) is -0.215. The molecule has 1 N–H and O–H groups in total. The van der Waals surface area contributed by atoms with Crippen molar-refractivity contribution >= 4 is 23.7 Å². The largest absolute Gasteiger partial charge is 0.452 e. The van der Waals surface area contributed by atoms with E-state index in [0.717, 1.165) is 23.3 Å². The quantitative estimate of drug-likeness (QED) is 0.612. The van der Waals surface area contributed by atoms with Crippen molar-refractivity contribution in [2.75, 3.05) is 6.61 Å². The number of amides is 3. The molecule has 7 heteroatoms. The van der Waals surface area contributed by atoms with E-state index < -0.39 is 17.8 Å². The van der Waals surface area contributed by atoms with Crippen molar-refractivity contribution in [3.8, 4) is 0 Å². The van der Waals surface area contributed by atoms with Crippen LogP contribution in [0, 0.1) is 0 Å². The number of nitrogens with zero attached hydrogens (tertiary/aromatic N) is 1. The lowest BCUT2D eigenvalue weighted by atomic mass is 10.1. The first-order valence-corrected chi connectivity index (χ1v) is 9.03. The molecular weight excluding hydrogens is 360 g/mol. The Morgan fingerprint density at radius 1 is 1.00 bits per heavy atom. The van der Waals surface area contributed by atoms with E-state index in [9.17, 15) is 19.2 Å². The normalized spacial score (nSPS) is 15.4. The highest BCUT2D eigenvalue weighted by Crippen LogP contribution is 2.26. The van der Waals surface area contributed by atoms with Crippen LogP contribution in [0.1, 0.15) is 49.5 Å². The summed E-state index contributed by atoms with van der Waals surface area (Å²) in [7, 11) is 0. The standard InChI is InChI=1S/C21H18N2O5/c24-18(22-15-7-8-15)12-28-21(27)14-6-9-16-17(10-14)20(26)23(19(16)25)11-13-4-2-1-3-5-13/h1-6,9-10,15H,7-8,11-12H2,(H,22,24). The van der Waals surface area contributed by atoms with Gasteiger partial charge >= 0.3 is 5.97 Å². The number of carbonyl (C=O) groups is 4. The second-order valence-corrected chi connectivity index (χ2v) is 6.86. The fourth-order valence-corrected chi connectivity index (χ4v) is 3.04. The van der Waals surface area contributed by atoms with E-state index in [1.807, 2.05) is 30.3 Å². The van der Waals surface area contributed by atoms with E-state index in [2.05, 4.69) is 5.32 Å². The lowest BCUT2D eigenvalue weighted by molar-refractivity contribution is -0.124. The Balaban J connectivity index is 1.45. The van der Waals surface area contributed by atoms with Gasteiger partial charge in [-0.05, 0) is 36.6 Å². The van der Waals surface area contributed by atoms with Crippen molar-refractivity contribution in [3.63, 3.8) is 0 Å². The van der Waals surface area contributed by atoms with Gasteiger partial charge in [-0.2, -0.15) is 0 Å². The second-order valence-electron chi connectivity index (χ2n) is 6.86. The minimum atomic E-state index is -0.712. The Morgan fingerprint density at radius 2 is 1.71 bits per heavy atom. The molecule has 2 aromatic rings. The number of hydrogen-bond acceptors (Lipinski definition) is 5. The first kappa shape index (κ1) is 17.9. The van der Waals surface area contributed by atoms with Gasteiger partial charge < -0.3 is 10.1 Å². The van der Waals surface area contributed by atoms with E-state index in [4.69, 9.17) is 4.74 Å². The summed E-state index contributed by atoms with van der Waals surface area (Å²) in [6.07, 6.45) is 1.89. The number of ether oxygens (including phenoxy) is 1. The predicted molar refractivity (Wildman–Crippen MR) is 98.5 cm³/mol. The molecule has 1 aliphatic heterocycles. The van der Waals surface area contributed by atoms with Gasteiger partial charge in [0.15, 0.2) is 6.61 Å². The van der Waals surface area contributed by atoms with Gasteiger partial charge in [0.25, 0.3) is 17.7 Å². The van der Waals surface area contributed by atoms with Crippen LogP contribution in [-0.2, 0) is 16.1 Å². The van der Waals surface area contributed by atoms with Gasteiger partial charge in [-0.25, -0.2) is 4.79 Å². The third kappa shape index (κ3) is 3.64. The van der Waals surface area contributed by atoms with Gasteiger partial charge in [0.05, 0.1) is 23.2 Å². The van der Waals surface area contributed by atoms with Crippen LogP contribution >= 0.6 is 0 Å². The van der Waals surface area contributed by atoms with Gasteiger partial charge in [-0.3, -0.25) is 19.3 Å². The first-order chi connectivity index (χ1) is 13.5. The maximum atomic E-state index is 12.7. The number of carbonyl (C=O) groups excluding carboxylic acids is 4. The number of rotatable bonds is 6. The summed E-state index contributed by atoms with van der Waals surface area (Å²) < 4.78 is 5.00. The molecule has 28 heavy (non-hydrogen) atoms. The average molecular weight is 378 g/mol. The van der Waals surface area contributed by atoms with E-state index in [1.54, 1.807) is 0 Å². The highest BCUT2D eigenvalue weighted by atomic mass is 16.5. The molecule has 0 unspecified atom stereocenters. The maximum absolute atomic E-state index is 12.7. The van der Waals surface area contributed by atoms with Crippen LogP contribution in [0.25, 0.3) is 0 Å². The summed E-state index contributed by atoms with van der Waals surface area (Å²) in [6, 6.07) is 13.6. The molecule has 2 aromatic carbocycles. The topological polar surface area (TPSA) is 92.8 Å². The van der Waals surface area contributed by atoms with Crippen LogP contribution in [-0.4, -0.2) is 41.2 Å². The smallest absolute Gasteiger partial charge is 0.338 e. The third-order valence-electron chi connectivity index (χ3n) is 4.67. The lowest BCUT2D eigenvalue weighted by Crippen LogP contribution is -2.30. The minimum absolute atomic E-state index is 0.126. The van der Waals surface area contributed by atoms with E-state index in [-0.39, 0.29) is 41.8 Å². The zero-order valence-electron chi connectivity index (χ0n) is 15.0. The number of imide groups is 1. The number of esters is 1. The van der Waals surface area contributed by atoms with Gasteiger partial charge in [-0.1, -0.05) is 30.3 Å². The van der Waals surface area contributed by atoms with Crippen LogP contribution in [0.3, 0.4) is 0 Å². The third-order valence-corrected chi connectivity index (χ3v) is 4.67. The molecule has 3 amide bonds. The Hall–Kier alpha value is -3.48. The highest BCUT2D eigenvalue weighted by Gasteiger charge is 2.36. The summed E-state index contributed by atoms with van der Waals surface area (Å²) in [4.78, 5) is 50.2. The van der Waals surface area contributed by atoms with Crippen LogP contribution in [0.5, 0.6) is 0 Å². The van der Waals surface area contributed by atoms with Gasteiger partial charge in [0.1, 0.15) is 0 Å². The monoisotopic (exact) mass is 378 g/mol. The minimum Gasteiger partial charge on any atom is -0.452 e. The number of fused-ring (bicyclic) bond motifs is 1. The highest BCUT2D eigenvalue weighted by molar-refractivity contribution is 6.21. The Bertz CT molecular complexity index is 966. The van der Waals surface area contributed by atoms with Gasteiger partial charge in [0.2, 0.25) is 0 Å². The summed E-state index contributed by atoms with van der Waals surface area (Å²) >= 11 is 0. The van der Waals surface area contributed by atoms with Crippen LogP contribution in [0.15, 0.2) is 48.5 Å². The van der Waals surface area contributed by atoms with Crippen molar-refractivity contribution in [2.24, 2.45) is 0 Å². The lowest BCUT2D eigenvalue weighted by Gasteiger charge is -2.13. The van der Waals surface area contributed by atoms with Crippen molar-refractivity contribution < 1.29 is 23.9 Å². The number of benzene rings is 2. The van der Waals surface area contributed by atoms with Crippen LogP contribution in [0.4, 0.5) is 0 Å². The average Bonchev–Trinajstić information content (AvgIpc) is 3.49. The summed E-state index contributed by atoms with van der Waals surface area (Å²) in [5.41, 5.74) is 1.38. The molecule has 7 nitrogen and oxygen atoms in total. The zero-order valence-corrected chi connectivity index (χ0v) is 15.0. The van der Waals surface area contributed by atoms with Gasteiger partial charge in [0, 0.05) is 6.04 Å². The molecule has 0 bridgehead atoms. The molecule has 0 saturated heterocycles. The SMILES string of the molecule is O=C(COC(=O)c1ccc2c(c1)C(=O)N(Cc1ccccc1)C2=O)NC1CC1. The fourth-order valence-electron chi connectivity index (χ4n) is 3.04. The van der Waals surface area contributed by atoms with E-state index >= 15 is 0 Å². The molecule has 1 heterocycles. The number of hydrogen-bond donors (Lipinski definition) is 1. The summed E-state index contributed by atoms with van der Waals surface area (Å²) in [5.74, 6) is -1.91. The molecule has 0 atom stereocenters. The van der Waals surface area contributed by atoms with Crippen molar-refractivity contribution in [1.82, 2.24) is 10.2 Å². The molecule has 0 radical (unpaired) electrons. The molecule has 4 rings (SSSR count). The van der Waals surface area contributed by atoms with Crippen molar-refractivity contribution in [3.05, 3.63) is 70.8 Å². The predicted octanol–water partition coefficient (Wildman–Crippen LogP) is 1.92. The second kappa shape index (κ2) is 7.26.